The normalized spacial score (nSPS) is 12.5. The number of carbonyl (C=O) groups is 1. The molecule has 2 rings (SSSR count). The maximum absolute atomic E-state index is 12.1. The van der Waals surface area contributed by atoms with E-state index in [0.717, 1.165) is 11.8 Å². The van der Waals surface area contributed by atoms with E-state index in [-0.39, 0.29) is 39.2 Å². The summed E-state index contributed by atoms with van der Waals surface area (Å²) in [5, 5.41) is 3.56. The van der Waals surface area contributed by atoms with Gasteiger partial charge in [0.05, 0.1) is 26.0 Å². The second-order valence-electron chi connectivity index (χ2n) is 5.62. The molecule has 0 saturated carbocycles. The van der Waals surface area contributed by atoms with Crippen LogP contribution in [0, 0.1) is 0 Å². The van der Waals surface area contributed by atoms with Crippen LogP contribution in [-0.4, -0.2) is 27.2 Å². The minimum atomic E-state index is -3.26. The molecular weight excluding hydrogens is 421 g/mol. The molecule has 1 N–H and O–H groups in total. The van der Waals surface area contributed by atoms with Gasteiger partial charge in [-0.3, -0.25) is 4.79 Å². The lowest BCUT2D eigenvalue weighted by atomic mass is 10.1. The van der Waals surface area contributed by atoms with E-state index in [1.54, 1.807) is 19.1 Å². The number of sulfone groups is 1. The van der Waals surface area contributed by atoms with Crippen LogP contribution >= 0.6 is 34.8 Å². The number of nitrogens with one attached hydrogen (secondary N) is 1. The third kappa shape index (κ3) is 5.51. The Morgan fingerprint density at radius 1 is 1.08 bits per heavy atom. The number of halogens is 3. The minimum absolute atomic E-state index is 0.220. The molecule has 1 unspecified atom stereocenters. The number of carbonyl (C=O) groups excluding carboxylic acids is 1. The van der Waals surface area contributed by atoms with Crippen molar-refractivity contribution in [2.45, 2.75) is 17.9 Å². The van der Waals surface area contributed by atoms with Gasteiger partial charge in [-0.2, -0.15) is 0 Å². The SMILES string of the molecule is CC(NC(=O)COc1cc(Cl)c(Cl)cc1Cl)c1ccc(S(C)(=O)=O)cc1. The highest BCUT2D eigenvalue weighted by atomic mass is 35.5. The van der Waals surface area contributed by atoms with Crippen LogP contribution in [0.2, 0.25) is 15.1 Å². The summed E-state index contributed by atoms with van der Waals surface area (Å²) in [5.41, 5.74) is 0.762. The van der Waals surface area contributed by atoms with Crippen molar-refractivity contribution < 1.29 is 17.9 Å². The summed E-state index contributed by atoms with van der Waals surface area (Å²) >= 11 is 17.7. The van der Waals surface area contributed by atoms with Gasteiger partial charge in [-0.1, -0.05) is 46.9 Å². The molecule has 0 aromatic heterocycles. The van der Waals surface area contributed by atoms with E-state index in [1.807, 2.05) is 0 Å². The number of amides is 1. The predicted octanol–water partition coefficient (Wildman–Crippen LogP) is 4.31. The first-order chi connectivity index (χ1) is 12.1. The van der Waals surface area contributed by atoms with Crippen LogP contribution in [0.4, 0.5) is 0 Å². The van der Waals surface area contributed by atoms with Crippen molar-refractivity contribution in [3.8, 4) is 5.75 Å². The maximum atomic E-state index is 12.1. The average Bonchev–Trinajstić information content (AvgIpc) is 2.56. The molecule has 140 valence electrons. The van der Waals surface area contributed by atoms with E-state index >= 15 is 0 Å². The Kier molecular flexibility index (Phi) is 6.80. The van der Waals surface area contributed by atoms with Crippen LogP contribution in [0.15, 0.2) is 41.3 Å². The second kappa shape index (κ2) is 8.48. The molecule has 2 aromatic rings. The van der Waals surface area contributed by atoms with Gasteiger partial charge in [-0.05, 0) is 30.7 Å². The van der Waals surface area contributed by atoms with Gasteiger partial charge in [0.2, 0.25) is 0 Å². The molecule has 0 saturated heterocycles. The molecule has 26 heavy (non-hydrogen) atoms. The van der Waals surface area contributed by atoms with Crippen molar-refractivity contribution >= 4 is 50.5 Å². The van der Waals surface area contributed by atoms with E-state index in [2.05, 4.69) is 5.32 Å². The topological polar surface area (TPSA) is 72.5 Å². The highest BCUT2D eigenvalue weighted by molar-refractivity contribution is 7.90. The Labute approximate surface area is 167 Å². The fourth-order valence-electron chi connectivity index (χ4n) is 2.13. The van der Waals surface area contributed by atoms with Crippen LogP contribution in [0.5, 0.6) is 5.75 Å². The first-order valence-corrected chi connectivity index (χ1v) is 10.5. The van der Waals surface area contributed by atoms with Gasteiger partial charge in [0.1, 0.15) is 5.75 Å². The smallest absolute Gasteiger partial charge is 0.258 e. The molecule has 0 aliphatic heterocycles. The van der Waals surface area contributed by atoms with Gasteiger partial charge in [0.25, 0.3) is 5.91 Å². The molecule has 1 amide bonds. The minimum Gasteiger partial charge on any atom is -0.482 e. The average molecular weight is 437 g/mol. The van der Waals surface area contributed by atoms with Gasteiger partial charge in [-0.15, -0.1) is 0 Å². The largest absolute Gasteiger partial charge is 0.482 e. The quantitative estimate of drug-likeness (QED) is 0.685. The zero-order chi connectivity index (χ0) is 19.5. The molecule has 0 heterocycles. The Morgan fingerprint density at radius 3 is 2.23 bits per heavy atom. The Bertz CT molecular complexity index is 914. The molecule has 0 spiro atoms. The molecule has 5 nitrogen and oxygen atoms in total. The number of hydrogen-bond acceptors (Lipinski definition) is 4. The Balaban J connectivity index is 1.96. The number of hydrogen-bond donors (Lipinski definition) is 1. The molecule has 0 aliphatic rings. The van der Waals surface area contributed by atoms with Crippen molar-refractivity contribution in [1.82, 2.24) is 5.32 Å². The number of ether oxygens (including phenoxy) is 1. The van der Waals surface area contributed by atoms with E-state index in [9.17, 15) is 13.2 Å². The first-order valence-electron chi connectivity index (χ1n) is 7.44. The van der Waals surface area contributed by atoms with Gasteiger partial charge >= 0.3 is 0 Å². The first kappa shape index (κ1) is 20.8. The van der Waals surface area contributed by atoms with Crippen molar-refractivity contribution in [3.05, 3.63) is 57.0 Å². The number of rotatable bonds is 6. The zero-order valence-electron chi connectivity index (χ0n) is 13.9. The summed E-state index contributed by atoms with van der Waals surface area (Å²) in [6, 6.07) is 8.84. The standard InChI is InChI=1S/C17H16Cl3NO4S/c1-10(11-3-5-12(6-4-11)26(2,23)24)21-17(22)9-25-16-8-14(19)13(18)7-15(16)20/h3-8,10H,9H2,1-2H3,(H,21,22). The number of benzene rings is 2. The molecule has 2 aromatic carbocycles. The summed E-state index contributed by atoms with van der Waals surface area (Å²) < 4.78 is 28.3. The van der Waals surface area contributed by atoms with E-state index in [4.69, 9.17) is 39.5 Å². The predicted molar refractivity (Wildman–Crippen MR) is 103 cm³/mol. The lowest BCUT2D eigenvalue weighted by Crippen LogP contribution is -2.31. The second-order valence-corrected chi connectivity index (χ2v) is 8.85. The van der Waals surface area contributed by atoms with Gasteiger partial charge in [-0.25, -0.2) is 8.42 Å². The van der Waals surface area contributed by atoms with Gasteiger partial charge in [0.15, 0.2) is 16.4 Å². The molecule has 0 radical (unpaired) electrons. The van der Waals surface area contributed by atoms with Crippen molar-refractivity contribution in [3.63, 3.8) is 0 Å². The van der Waals surface area contributed by atoms with Crippen LogP contribution in [0.25, 0.3) is 0 Å². The zero-order valence-corrected chi connectivity index (χ0v) is 17.0. The molecule has 1 atom stereocenters. The van der Waals surface area contributed by atoms with Gasteiger partial charge in [0, 0.05) is 12.3 Å². The molecule has 0 aliphatic carbocycles. The highest BCUT2D eigenvalue weighted by Crippen LogP contribution is 2.33. The van der Waals surface area contributed by atoms with Crippen molar-refractivity contribution in [1.29, 1.82) is 0 Å². The molecule has 0 bridgehead atoms. The van der Waals surface area contributed by atoms with E-state index in [1.165, 1.54) is 24.3 Å². The maximum Gasteiger partial charge on any atom is 0.258 e. The monoisotopic (exact) mass is 435 g/mol. The Hall–Kier alpha value is -1.47. The fraction of sp³-hybridized carbons (Fsp3) is 0.235. The van der Waals surface area contributed by atoms with Crippen molar-refractivity contribution in [2.75, 3.05) is 12.9 Å². The summed E-state index contributed by atoms with van der Waals surface area (Å²) in [5.74, 6) is -0.117. The lowest BCUT2D eigenvalue weighted by Gasteiger charge is -2.15. The van der Waals surface area contributed by atoms with Crippen LogP contribution in [-0.2, 0) is 14.6 Å². The Morgan fingerprint density at radius 2 is 1.65 bits per heavy atom. The fourth-order valence-corrected chi connectivity index (χ4v) is 3.35. The van der Waals surface area contributed by atoms with E-state index in [0.29, 0.717) is 5.02 Å². The van der Waals surface area contributed by atoms with Crippen molar-refractivity contribution in [2.24, 2.45) is 0 Å². The van der Waals surface area contributed by atoms with Crippen LogP contribution in [0.1, 0.15) is 18.5 Å². The summed E-state index contributed by atoms with van der Waals surface area (Å²) in [4.78, 5) is 12.3. The third-order valence-corrected chi connectivity index (χ3v) is 5.67. The molecule has 0 fully saturated rings. The summed E-state index contributed by atoms with van der Waals surface area (Å²) in [7, 11) is -3.26. The highest BCUT2D eigenvalue weighted by Gasteiger charge is 2.14. The third-order valence-electron chi connectivity index (χ3n) is 3.52. The molecular formula is C17H16Cl3NO4S. The summed E-state index contributed by atoms with van der Waals surface area (Å²) in [6.07, 6.45) is 1.14. The van der Waals surface area contributed by atoms with E-state index < -0.39 is 9.84 Å². The van der Waals surface area contributed by atoms with Crippen LogP contribution < -0.4 is 10.1 Å². The molecule has 9 heteroatoms. The van der Waals surface area contributed by atoms with Gasteiger partial charge < -0.3 is 10.1 Å². The lowest BCUT2D eigenvalue weighted by molar-refractivity contribution is -0.123. The van der Waals surface area contributed by atoms with Crippen LogP contribution in [0.3, 0.4) is 0 Å². The summed E-state index contributed by atoms with van der Waals surface area (Å²) in [6.45, 7) is 1.52.